The number of hydrogen-bond donors (Lipinski definition) is 1. The number of esters is 1. The second kappa shape index (κ2) is 9.67. The number of aryl methyl sites for hydroxylation is 2. The molecule has 1 atom stereocenters. The molecular formula is C24H26N2O3S. The third-order valence-corrected chi connectivity index (χ3v) is 5.75. The summed E-state index contributed by atoms with van der Waals surface area (Å²) in [6, 6.07) is 14.7. The lowest BCUT2D eigenvalue weighted by atomic mass is 10.0. The van der Waals surface area contributed by atoms with E-state index in [1.54, 1.807) is 12.1 Å². The number of thiazole rings is 1. The molecule has 0 radical (unpaired) electrons. The number of nitrogens with one attached hydrogen (secondary N) is 1. The number of carbonyl (C=O) groups is 2. The van der Waals surface area contributed by atoms with E-state index >= 15 is 0 Å². The van der Waals surface area contributed by atoms with Gasteiger partial charge >= 0.3 is 5.97 Å². The van der Waals surface area contributed by atoms with Gasteiger partial charge in [0.05, 0.1) is 5.69 Å². The van der Waals surface area contributed by atoms with Crippen LogP contribution < -0.4 is 5.32 Å². The zero-order valence-corrected chi connectivity index (χ0v) is 18.5. The van der Waals surface area contributed by atoms with Gasteiger partial charge in [0.25, 0.3) is 5.91 Å². The fourth-order valence-electron chi connectivity index (χ4n) is 2.98. The molecule has 0 saturated heterocycles. The molecule has 3 rings (SSSR count). The van der Waals surface area contributed by atoms with E-state index in [1.807, 2.05) is 69.5 Å². The van der Waals surface area contributed by atoms with Gasteiger partial charge in [-0.15, -0.1) is 11.3 Å². The number of nitrogens with zero attached hydrogens (tertiary/aromatic N) is 1. The Balaban J connectivity index is 1.62. The van der Waals surface area contributed by atoms with Crippen LogP contribution in [0.2, 0.25) is 0 Å². The second-order valence-electron chi connectivity index (χ2n) is 7.63. The lowest BCUT2D eigenvalue weighted by Crippen LogP contribution is -2.45. The molecule has 0 spiro atoms. The molecule has 0 bridgehead atoms. The van der Waals surface area contributed by atoms with E-state index in [0.29, 0.717) is 11.3 Å². The van der Waals surface area contributed by atoms with Crippen LogP contribution in [0.4, 0.5) is 0 Å². The van der Waals surface area contributed by atoms with Crippen molar-refractivity contribution >= 4 is 23.2 Å². The van der Waals surface area contributed by atoms with Gasteiger partial charge in [-0.25, -0.2) is 9.78 Å². The molecule has 0 aliphatic rings. The van der Waals surface area contributed by atoms with E-state index < -0.39 is 12.0 Å². The molecule has 156 valence electrons. The smallest absolute Gasteiger partial charge is 0.329 e. The highest BCUT2D eigenvalue weighted by Crippen LogP contribution is 2.24. The van der Waals surface area contributed by atoms with Crippen LogP contribution in [0.5, 0.6) is 0 Å². The van der Waals surface area contributed by atoms with E-state index in [-0.39, 0.29) is 18.4 Å². The number of carbonyl (C=O) groups excluding carboxylic acids is 2. The quantitative estimate of drug-likeness (QED) is 0.549. The summed E-state index contributed by atoms with van der Waals surface area (Å²) in [6.07, 6.45) is 0. The van der Waals surface area contributed by atoms with Crippen LogP contribution in [0.25, 0.3) is 10.6 Å². The summed E-state index contributed by atoms with van der Waals surface area (Å²) < 4.78 is 5.48. The number of amides is 1. The second-order valence-corrected chi connectivity index (χ2v) is 8.49. The molecule has 0 unspecified atom stereocenters. The average molecular weight is 423 g/mol. The van der Waals surface area contributed by atoms with Crippen molar-refractivity contribution in [3.8, 4) is 10.6 Å². The average Bonchev–Trinajstić information content (AvgIpc) is 3.19. The minimum absolute atomic E-state index is 0.0741. The predicted molar refractivity (Wildman–Crippen MR) is 119 cm³/mol. The largest absolute Gasteiger partial charge is 0.458 e. The molecule has 30 heavy (non-hydrogen) atoms. The van der Waals surface area contributed by atoms with Gasteiger partial charge in [-0.05, 0) is 31.4 Å². The van der Waals surface area contributed by atoms with Crippen molar-refractivity contribution in [2.45, 2.75) is 40.3 Å². The topological polar surface area (TPSA) is 68.3 Å². The van der Waals surface area contributed by atoms with Gasteiger partial charge in [0.15, 0.2) is 0 Å². The van der Waals surface area contributed by atoms with Crippen LogP contribution in [-0.4, -0.2) is 22.9 Å². The maximum Gasteiger partial charge on any atom is 0.329 e. The highest BCUT2D eigenvalue weighted by molar-refractivity contribution is 7.13. The summed E-state index contributed by atoms with van der Waals surface area (Å²) in [4.78, 5) is 29.8. The highest BCUT2D eigenvalue weighted by Gasteiger charge is 2.26. The van der Waals surface area contributed by atoms with E-state index in [2.05, 4.69) is 10.3 Å². The van der Waals surface area contributed by atoms with Gasteiger partial charge in [0.1, 0.15) is 17.7 Å². The van der Waals surface area contributed by atoms with E-state index in [4.69, 9.17) is 4.74 Å². The number of hydrogen-bond acceptors (Lipinski definition) is 5. The minimum Gasteiger partial charge on any atom is -0.458 e. The van der Waals surface area contributed by atoms with Crippen LogP contribution in [0.15, 0.2) is 53.9 Å². The molecule has 0 aliphatic heterocycles. The fourth-order valence-corrected chi connectivity index (χ4v) is 3.79. The maximum atomic E-state index is 12.7. The lowest BCUT2D eigenvalue weighted by Gasteiger charge is -2.21. The summed E-state index contributed by atoms with van der Waals surface area (Å²) in [6.45, 7) is 7.74. The van der Waals surface area contributed by atoms with E-state index in [1.165, 1.54) is 16.9 Å². The lowest BCUT2D eigenvalue weighted by molar-refractivity contribution is -0.148. The van der Waals surface area contributed by atoms with Crippen molar-refractivity contribution in [1.29, 1.82) is 0 Å². The molecular weight excluding hydrogens is 396 g/mol. The summed E-state index contributed by atoms with van der Waals surface area (Å²) >= 11 is 1.51. The number of benzene rings is 2. The third kappa shape index (κ3) is 5.33. The SMILES string of the molecule is Cc1ccc(-c2nc(COC(=O)[C@@H](NC(=O)c3ccccc3C)C(C)C)cs2)cc1. The van der Waals surface area contributed by atoms with Gasteiger partial charge < -0.3 is 10.1 Å². The molecule has 2 aromatic carbocycles. The standard InChI is InChI=1S/C24H26N2O3S/c1-15(2)21(26-22(27)20-8-6-5-7-17(20)4)24(28)29-13-19-14-30-23(25-19)18-11-9-16(3)10-12-18/h5-12,14-15,21H,13H2,1-4H3,(H,26,27)/t21-/m0/s1. The Labute approximate surface area is 181 Å². The van der Waals surface area contributed by atoms with Crippen LogP contribution in [0.1, 0.15) is 41.0 Å². The Morgan fingerprint density at radius 1 is 1.07 bits per heavy atom. The molecule has 1 heterocycles. The van der Waals surface area contributed by atoms with Crippen molar-refractivity contribution in [1.82, 2.24) is 10.3 Å². The van der Waals surface area contributed by atoms with Crippen molar-refractivity contribution in [3.05, 3.63) is 76.3 Å². The molecule has 3 aromatic rings. The van der Waals surface area contributed by atoms with Gasteiger partial charge in [-0.3, -0.25) is 4.79 Å². The number of ether oxygens (including phenoxy) is 1. The summed E-state index contributed by atoms with van der Waals surface area (Å²) in [5.41, 5.74) is 4.33. The van der Waals surface area contributed by atoms with E-state index in [0.717, 1.165) is 16.1 Å². The maximum absolute atomic E-state index is 12.7. The highest BCUT2D eigenvalue weighted by atomic mass is 32.1. The van der Waals surface area contributed by atoms with Gasteiger partial charge in [-0.2, -0.15) is 0 Å². The first kappa shape index (κ1) is 21.7. The Hall–Kier alpha value is -2.99. The van der Waals surface area contributed by atoms with Crippen molar-refractivity contribution in [2.24, 2.45) is 5.92 Å². The third-order valence-electron chi connectivity index (χ3n) is 4.81. The molecule has 0 aliphatic carbocycles. The van der Waals surface area contributed by atoms with E-state index in [9.17, 15) is 9.59 Å². The Morgan fingerprint density at radius 2 is 1.77 bits per heavy atom. The molecule has 1 aromatic heterocycles. The van der Waals surface area contributed by atoms with Crippen molar-refractivity contribution < 1.29 is 14.3 Å². The fraction of sp³-hybridized carbons (Fsp3) is 0.292. The molecule has 1 N–H and O–H groups in total. The molecule has 0 saturated carbocycles. The molecule has 6 heteroatoms. The van der Waals surface area contributed by atoms with Crippen LogP contribution >= 0.6 is 11.3 Å². The first-order chi connectivity index (χ1) is 14.3. The zero-order chi connectivity index (χ0) is 21.7. The molecule has 5 nitrogen and oxygen atoms in total. The zero-order valence-electron chi connectivity index (χ0n) is 17.6. The van der Waals surface area contributed by atoms with Gasteiger partial charge in [-0.1, -0.05) is 61.9 Å². The summed E-state index contributed by atoms with van der Waals surface area (Å²) in [5.74, 6) is -0.847. The molecule has 0 fully saturated rings. The Morgan fingerprint density at radius 3 is 2.43 bits per heavy atom. The first-order valence-electron chi connectivity index (χ1n) is 9.89. The van der Waals surface area contributed by atoms with Gasteiger partial charge in [0, 0.05) is 16.5 Å². The Bertz CT molecular complexity index is 1020. The number of rotatable bonds is 7. The Kier molecular flexibility index (Phi) is 7.00. The first-order valence-corrected chi connectivity index (χ1v) is 10.8. The van der Waals surface area contributed by atoms with Crippen LogP contribution in [0, 0.1) is 19.8 Å². The minimum atomic E-state index is -0.729. The van der Waals surface area contributed by atoms with Crippen molar-refractivity contribution in [3.63, 3.8) is 0 Å². The normalized spacial score (nSPS) is 11.9. The molecule has 1 amide bonds. The van der Waals surface area contributed by atoms with Crippen LogP contribution in [0.3, 0.4) is 0 Å². The number of aromatic nitrogens is 1. The summed E-state index contributed by atoms with van der Waals surface area (Å²) in [7, 11) is 0. The van der Waals surface area contributed by atoms with Crippen LogP contribution in [-0.2, 0) is 16.1 Å². The predicted octanol–water partition coefficient (Wildman–Crippen LogP) is 4.92. The van der Waals surface area contributed by atoms with Gasteiger partial charge in [0.2, 0.25) is 0 Å². The van der Waals surface area contributed by atoms with Crippen molar-refractivity contribution in [2.75, 3.05) is 0 Å². The monoisotopic (exact) mass is 422 g/mol. The summed E-state index contributed by atoms with van der Waals surface area (Å²) in [5, 5.41) is 5.59.